The first-order valence-electron chi connectivity index (χ1n) is 5.32. The number of nitriles is 1. The van der Waals surface area contributed by atoms with Gasteiger partial charge in [-0.1, -0.05) is 11.8 Å². The van der Waals surface area contributed by atoms with Crippen LogP contribution in [0.2, 0.25) is 0 Å². The lowest BCUT2D eigenvalue weighted by atomic mass is 10.2. The van der Waals surface area contributed by atoms with Gasteiger partial charge in [0.2, 0.25) is 0 Å². The molecule has 88 valence electrons. The van der Waals surface area contributed by atoms with Crippen LogP contribution in [-0.2, 0) is 0 Å². The normalized spacial score (nSPS) is 12.7. The molecule has 1 atom stereocenters. The Morgan fingerprint density at radius 3 is 2.88 bits per heavy atom. The van der Waals surface area contributed by atoms with Crippen molar-refractivity contribution >= 4 is 11.8 Å². The number of aromatic nitrogens is 1. The van der Waals surface area contributed by atoms with Gasteiger partial charge in [0.25, 0.3) is 5.22 Å². The highest BCUT2D eigenvalue weighted by molar-refractivity contribution is 7.99. The number of aryl methyl sites for hydroxylation is 1. The van der Waals surface area contributed by atoms with Crippen molar-refractivity contribution in [2.24, 2.45) is 0 Å². The molecule has 0 aliphatic heterocycles. The molecule has 0 saturated heterocycles. The van der Waals surface area contributed by atoms with E-state index in [0.717, 1.165) is 17.9 Å². The van der Waals surface area contributed by atoms with E-state index >= 15 is 0 Å². The summed E-state index contributed by atoms with van der Waals surface area (Å²) in [5.41, 5.74) is 0.889. The Bertz CT molecular complexity index is 356. The molecule has 0 radical (unpaired) electrons. The minimum Gasteiger partial charge on any atom is -0.440 e. The van der Waals surface area contributed by atoms with Crippen molar-refractivity contribution in [2.45, 2.75) is 44.5 Å². The lowest BCUT2D eigenvalue weighted by Crippen LogP contribution is -2.33. The number of oxazole rings is 1. The second kappa shape index (κ2) is 6.56. The van der Waals surface area contributed by atoms with E-state index in [9.17, 15) is 0 Å². The minimum absolute atomic E-state index is 0.0939. The highest BCUT2D eigenvalue weighted by Crippen LogP contribution is 2.18. The van der Waals surface area contributed by atoms with E-state index in [1.807, 2.05) is 20.8 Å². The molecule has 1 unspecified atom stereocenters. The smallest absolute Gasteiger partial charge is 0.255 e. The Morgan fingerprint density at radius 2 is 2.38 bits per heavy atom. The minimum atomic E-state index is -0.0939. The van der Waals surface area contributed by atoms with Gasteiger partial charge in [-0.3, -0.25) is 5.32 Å². The van der Waals surface area contributed by atoms with Crippen LogP contribution in [0.3, 0.4) is 0 Å². The number of rotatable bonds is 6. The van der Waals surface area contributed by atoms with Gasteiger partial charge >= 0.3 is 0 Å². The van der Waals surface area contributed by atoms with Crippen molar-refractivity contribution in [1.82, 2.24) is 10.3 Å². The maximum atomic E-state index is 8.92. The number of nitrogens with zero attached hydrogens (tertiary/aromatic N) is 2. The summed E-state index contributed by atoms with van der Waals surface area (Å²) in [5.74, 6) is 0.831. The average molecular weight is 239 g/mol. The molecule has 1 N–H and O–H groups in total. The zero-order valence-corrected chi connectivity index (χ0v) is 10.7. The summed E-state index contributed by atoms with van der Waals surface area (Å²) in [7, 11) is 0. The topological polar surface area (TPSA) is 61.9 Å². The fourth-order valence-corrected chi connectivity index (χ4v) is 2.10. The molecule has 0 fully saturated rings. The second-order valence-electron chi connectivity index (χ2n) is 3.89. The van der Waals surface area contributed by atoms with E-state index in [1.165, 1.54) is 0 Å². The van der Waals surface area contributed by atoms with Crippen molar-refractivity contribution < 1.29 is 4.42 Å². The van der Waals surface area contributed by atoms with E-state index in [2.05, 4.69) is 16.4 Å². The Kier molecular flexibility index (Phi) is 5.36. The van der Waals surface area contributed by atoms with Crippen LogP contribution in [0.15, 0.2) is 15.9 Å². The van der Waals surface area contributed by atoms with Crippen molar-refractivity contribution in [2.75, 3.05) is 5.75 Å². The standard InChI is InChI=1S/C11H17N3OS/c1-8(2)13-10(6-12)4-5-16-11-14-9(3)7-15-11/h7-8,10,13H,4-5H2,1-3H3. The fraction of sp³-hybridized carbons (Fsp3) is 0.636. The van der Waals surface area contributed by atoms with Crippen LogP contribution in [-0.4, -0.2) is 22.8 Å². The third-order valence-electron chi connectivity index (χ3n) is 1.92. The number of hydrogen-bond acceptors (Lipinski definition) is 5. The van der Waals surface area contributed by atoms with Crippen molar-refractivity contribution in [1.29, 1.82) is 5.26 Å². The molecule has 0 saturated carbocycles. The van der Waals surface area contributed by atoms with E-state index in [-0.39, 0.29) is 6.04 Å². The van der Waals surface area contributed by atoms with Crippen LogP contribution >= 0.6 is 11.8 Å². The lowest BCUT2D eigenvalue weighted by Gasteiger charge is -2.13. The Hall–Kier alpha value is -0.990. The van der Waals surface area contributed by atoms with E-state index < -0.39 is 0 Å². The van der Waals surface area contributed by atoms with Crippen LogP contribution in [0.1, 0.15) is 26.0 Å². The van der Waals surface area contributed by atoms with Gasteiger partial charge in [0.15, 0.2) is 0 Å². The Balaban J connectivity index is 2.26. The molecule has 0 aliphatic carbocycles. The Labute approximate surface area is 100 Å². The van der Waals surface area contributed by atoms with E-state index in [4.69, 9.17) is 9.68 Å². The molecular weight excluding hydrogens is 222 g/mol. The lowest BCUT2D eigenvalue weighted by molar-refractivity contribution is 0.453. The van der Waals surface area contributed by atoms with E-state index in [0.29, 0.717) is 11.3 Å². The molecule has 1 aromatic rings. The van der Waals surface area contributed by atoms with Crippen LogP contribution < -0.4 is 5.32 Å². The summed E-state index contributed by atoms with van der Waals surface area (Å²) in [6.07, 6.45) is 2.43. The van der Waals surface area contributed by atoms with Crippen LogP contribution in [0, 0.1) is 18.3 Å². The van der Waals surface area contributed by atoms with Crippen LogP contribution in [0.25, 0.3) is 0 Å². The molecule has 1 aromatic heterocycles. The van der Waals surface area contributed by atoms with Gasteiger partial charge in [-0.2, -0.15) is 5.26 Å². The Morgan fingerprint density at radius 1 is 1.62 bits per heavy atom. The number of nitrogens with one attached hydrogen (secondary N) is 1. The zero-order valence-electron chi connectivity index (χ0n) is 9.86. The molecule has 0 amide bonds. The maximum absolute atomic E-state index is 8.92. The van der Waals surface area contributed by atoms with Crippen LogP contribution in [0.5, 0.6) is 0 Å². The average Bonchev–Trinajstić information content (AvgIpc) is 2.62. The molecule has 0 bridgehead atoms. The van der Waals surface area contributed by atoms with Crippen molar-refractivity contribution in [3.05, 3.63) is 12.0 Å². The molecule has 1 rings (SSSR count). The third-order valence-corrected chi connectivity index (χ3v) is 2.79. The molecule has 16 heavy (non-hydrogen) atoms. The van der Waals surface area contributed by atoms with Gasteiger partial charge in [-0.05, 0) is 27.2 Å². The summed E-state index contributed by atoms with van der Waals surface area (Å²) in [6, 6.07) is 2.49. The molecule has 0 aromatic carbocycles. The van der Waals surface area contributed by atoms with Gasteiger partial charge in [-0.25, -0.2) is 4.98 Å². The first-order valence-corrected chi connectivity index (χ1v) is 6.31. The molecule has 1 heterocycles. The molecule has 5 heteroatoms. The number of thioether (sulfide) groups is 1. The van der Waals surface area contributed by atoms with Crippen molar-refractivity contribution in [3.63, 3.8) is 0 Å². The van der Waals surface area contributed by atoms with E-state index in [1.54, 1.807) is 18.0 Å². The summed E-state index contributed by atoms with van der Waals surface area (Å²) in [4.78, 5) is 4.19. The summed E-state index contributed by atoms with van der Waals surface area (Å²) in [6.45, 7) is 5.97. The molecule has 4 nitrogen and oxygen atoms in total. The van der Waals surface area contributed by atoms with Gasteiger partial charge in [0.1, 0.15) is 6.26 Å². The monoisotopic (exact) mass is 239 g/mol. The highest BCUT2D eigenvalue weighted by Gasteiger charge is 2.09. The molecular formula is C11H17N3OS. The van der Waals surface area contributed by atoms with Crippen molar-refractivity contribution in [3.8, 4) is 6.07 Å². The van der Waals surface area contributed by atoms with Gasteiger partial charge in [-0.15, -0.1) is 0 Å². The number of hydrogen-bond donors (Lipinski definition) is 1. The molecule has 0 aliphatic rings. The first-order chi connectivity index (χ1) is 7.61. The van der Waals surface area contributed by atoms with Gasteiger partial charge in [0, 0.05) is 11.8 Å². The predicted octanol–water partition coefficient (Wildman–Crippen LogP) is 2.36. The largest absolute Gasteiger partial charge is 0.440 e. The van der Waals surface area contributed by atoms with Crippen LogP contribution in [0.4, 0.5) is 0 Å². The third kappa shape index (κ3) is 4.69. The first kappa shape index (κ1) is 13.1. The predicted molar refractivity (Wildman–Crippen MR) is 64.3 cm³/mol. The quantitative estimate of drug-likeness (QED) is 0.772. The van der Waals surface area contributed by atoms with Gasteiger partial charge < -0.3 is 4.42 Å². The molecule has 0 spiro atoms. The SMILES string of the molecule is Cc1coc(SCCC(C#N)NC(C)C)n1. The maximum Gasteiger partial charge on any atom is 0.255 e. The second-order valence-corrected chi connectivity index (χ2v) is 4.94. The van der Waals surface area contributed by atoms with Gasteiger partial charge in [0.05, 0.1) is 17.8 Å². The fourth-order valence-electron chi connectivity index (χ4n) is 1.25. The summed E-state index contributed by atoms with van der Waals surface area (Å²) in [5, 5.41) is 12.8. The summed E-state index contributed by atoms with van der Waals surface area (Å²) < 4.78 is 5.21. The summed E-state index contributed by atoms with van der Waals surface area (Å²) >= 11 is 1.54. The zero-order chi connectivity index (χ0) is 12.0. The highest BCUT2D eigenvalue weighted by atomic mass is 32.2.